The first-order valence-corrected chi connectivity index (χ1v) is 8.41. The summed E-state index contributed by atoms with van der Waals surface area (Å²) in [5, 5.41) is 11.0. The number of amides is 1. The Balaban J connectivity index is 1.46. The number of carbonyl (C=O) groups is 1. The molecular weight excluding hydrogens is 314 g/mol. The molecule has 0 atom stereocenters. The van der Waals surface area contributed by atoms with Crippen molar-refractivity contribution in [2.24, 2.45) is 0 Å². The molecule has 0 radical (unpaired) electrons. The molecule has 0 saturated carbocycles. The van der Waals surface area contributed by atoms with Gasteiger partial charge in [-0.1, -0.05) is 48.5 Å². The molecular formula is C20H21N3O2. The Morgan fingerprint density at radius 1 is 1.00 bits per heavy atom. The number of hydrogen-bond acceptors (Lipinski definition) is 4. The van der Waals surface area contributed by atoms with E-state index in [4.69, 9.17) is 4.42 Å². The van der Waals surface area contributed by atoms with E-state index >= 15 is 0 Å². The van der Waals surface area contributed by atoms with Gasteiger partial charge in [-0.25, -0.2) is 0 Å². The summed E-state index contributed by atoms with van der Waals surface area (Å²) in [6, 6.07) is 17.9. The molecule has 1 N–H and O–H groups in total. The van der Waals surface area contributed by atoms with Crippen LogP contribution in [0, 0.1) is 6.92 Å². The Morgan fingerprint density at radius 2 is 1.76 bits per heavy atom. The van der Waals surface area contributed by atoms with E-state index in [0.29, 0.717) is 31.2 Å². The Kier molecular flexibility index (Phi) is 5.57. The van der Waals surface area contributed by atoms with Crippen LogP contribution in [0.25, 0.3) is 11.5 Å². The molecule has 3 aromatic rings. The summed E-state index contributed by atoms with van der Waals surface area (Å²) in [4.78, 5) is 11.9. The molecule has 1 aromatic heterocycles. The van der Waals surface area contributed by atoms with Crippen molar-refractivity contribution in [3.63, 3.8) is 0 Å². The maximum atomic E-state index is 11.9. The van der Waals surface area contributed by atoms with Crippen LogP contribution in [0.5, 0.6) is 0 Å². The maximum Gasteiger partial charge on any atom is 0.247 e. The van der Waals surface area contributed by atoms with E-state index in [1.807, 2.05) is 49.4 Å². The Hall–Kier alpha value is -2.95. The predicted octanol–water partition coefficient (Wildman–Crippen LogP) is 3.34. The van der Waals surface area contributed by atoms with Crippen molar-refractivity contribution >= 4 is 5.91 Å². The second-order valence-electron chi connectivity index (χ2n) is 5.90. The third-order valence-electron chi connectivity index (χ3n) is 3.99. The molecule has 0 fully saturated rings. The number of rotatable bonds is 7. The van der Waals surface area contributed by atoms with Gasteiger partial charge in [0.15, 0.2) is 0 Å². The number of benzene rings is 2. The minimum Gasteiger partial charge on any atom is -0.421 e. The number of aromatic nitrogens is 2. The van der Waals surface area contributed by atoms with E-state index in [9.17, 15) is 4.79 Å². The van der Waals surface area contributed by atoms with E-state index < -0.39 is 0 Å². The van der Waals surface area contributed by atoms with E-state index in [1.54, 1.807) is 0 Å². The summed E-state index contributed by atoms with van der Waals surface area (Å²) >= 11 is 0. The quantitative estimate of drug-likeness (QED) is 0.719. The number of nitrogens with one attached hydrogen (secondary N) is 1. The molecule has 2 aromatic carbocycles. The molecule has 25 heavy (non-hydrogen) atoms. The zero-order chi connectivity index (χ0) is 17.5. The summed E-state index contributed by atoms with van der Waals surface area (Å²) in [5.41, 5.74) is 3.22. The van der Waals surface area contributed by atoms with Gasteiger partial charge < -0.3 is 9.73 Å². The van der Waals surface area contributed by atoms with Gasteiger partial charge in [0.1, 0.15) is 0 Å². The van der Waals surface area contributed by atoms with Crippen LogP contribution in [0.2, 0.25) is 0 Å². The van der Waals surface area contributed by atoms with Crippen LogP contribution in [0.15, 0.2) is 59.0 Å². The van der Waals surface area contributed by atoms with Gasteiger partial charge in [-0.05, 0) is 30.5 Å². The minimum absolute atomic E-state index is 0.00780. The van der Waals surface area contributed by atoms with Crippen LogP contribution < -0.4 is 5.32 Å². The molecule has 0 unspecified atom stereocenters. The monoisotopic (exact) mass is 335 g/mol. The van der Waals surface area contributed by atoms with Crippen molar-refractivity contribution in [1.82, 2.24) is 15.5 Å². The van der Waals surface area contributed by atoms with Gasteiger partial charge >= 0.3 is 0 Å². The molecule has 0 saturated heterocycles. The van der Waals surface area contributed by atoms with Crippen LogP contribution in [0.1, 0.15) is 23.4 Å². The highest BCUT2D eigenvalue weighted by Gasteiger charge is 2.11. The molecule has 5 heteroatoms. The number of aryl methyl sites for hydroxylation is 2. The topological polar surface area (TPSA) is 68.0 Å². The average Bonchev–Trinajstić information content (AvgIpc) is 3.10. The second kappa shape index (κ2) is 8.24. The molecule has 0 aliphatic heterocycles. The summed E-state index contributed by atoms with van der Waals surface area (Å²) in [6.07, 6.45) is 1.60. The van der Waals surface area contributed by atoms with Gasteiger partial charge in [0, 0.05) is 24.9 Å². The summed E-state index contributed by atoms with van der Waals surface area (Å²) < 4.78 is 5.67. The molecule has 5 nitrogen and oxygen atoms in total. The van der Waals surface area contributed by atoms with E-state index in [1.165, 1.54) is 5.56 Å². The molecule has 128 valence electrons. The molecule has 0 bridgehead atoms. The van der Waals surface area contributed by atoms with Gasteiger partial charge in [-0.2, -0.15) is 0 Å². The van der Waals surface area contributed by atoms with Crippen LogP contribution in [-0.4, -0.2) is 22.6 Å². The van der Waals surface area contributed by atoms with E-state index in [2.05, 4.69) is 27.6 Å². The zero-order valence-corrected chi connectivity index (χ0v) is 14.2. The van der Waals surface area contributed by atoms with Gasteiger partial charge in [0.2, 0.25) is 17.7 Å². The Labute approximate surface area is 147 Å². The molecule has 0 aliphatic rings. The van der Waals surface area contributed by atoms with E-state index in [0.717, 1.165) is 17.5 Å². The fourth-order valence-corrected chi connectivity index (χ4v) is 2.58. The van der Waals surface area contributed by atoms with Gasteiger partial charge in [0.25, 0.3) is 0 Å². The lowest BCUT2D eigenvalue weighted by atomic mass is 10.1. The first-order chi connectivity index (χ1) is 12.2. The number of nitrogens with zero attached hydrogens (tertiary/aromatic N) is 2. The highest BCUT2D eigenvalue weighted by Crippen LogP contribution is 2.21. The maximum absolute atomic E-state index is 11.9. The molecule has 1 heterocycles. The molecule has 3 rings (SSSR count). The van der Waals surface area contributed by atoms with Gasteiger partial charge in [-0.3, -0.25) is 4.79 Å². The fraction of sp³-hybridized carbons (Fsp3) is 0.250. The standard InChI is InChI=1S/C20H21N3O2/c1-15-7-5-6-10-17(15)20-23-22-19(25-20)12-11-18(24)21-14-13-16-8-3-2-4-9-16/h2-10H,11-14H2,1H3,(H,21,24). The van der Waals surface area contributed by atoms with Gasteiger partial charge in [0.05, 0.1) is 0 Å². The molecule has 0 spiro atoms. The third kappa shape index (κ3) is 4.76. The van der Waals surface area contributed by atoms with Crippen molar-refractivity contribution in [3.8, 4) is 11.5 Å². The van der Waals surface area contributed by atoms with Crippen molar-refractivity contribution < 1.29 is 9.21 Å². The lowest BCUT2D eigenvalue weighted by Gasteiger charge is -2.04. The SMILES string of the molecule is Cc1ccccc1-c1nnc(CCC(=O)NCCc2ccccc2)o1. The van der Waals surface area contributed by atoms with Crippen molar-refractivity contribution in [1.29, 1.82) is 0 Å². The smallest absolute Gasteiger partial charge is 0.247 e. The second-order valence-corrected chi connectivity index (χ2v) is 5.90. The first-order valence-electron chi connectivity index (χ1n) is 8.41. The summed E-state index contributed by atoms with van der Waals surface area (Å²) in [5.74, 6) is 0.973. The zero-order valence-electron chi connectivity index (χ0n) is 14.2. The number of carbonyl (C=O) groups excluding carboxylic acids is 1. The van der Waals surface area contributed by atoms with Crippen LogP contribution in [0.4, 0.5) is 0 Å². The normalized spacial score (nSPS) is 10.6. The fourth-order valence-electron chi connectivity index (χ4n) is 2.58. The van der Waals surface area contributed by atoms with Crippen LogP contribution in [0.3, 0.4) is 0 Å². The van der Waals surface area contributed by atoms with Crippen LogP contribution in [-0.2, 0) is 17.6 Å². The average molecular weight is 335 g/mol. The van der Waals surface area contributed by atoms with Crippen LogP contribution >= 0.6 is 0 Å². The number of hydrogen-bond donors (Lipinski definition) is 1. The summed E-state index contributed by atoms with van der Waals surface area (Å²) in [7, 11) is 0. The third-order valence-corrected chi connectivity index (χ3v) is 3.99. The van der Waals surface area contributed by atoms with Gasteiger partial charge in [-0.15, -0.1) is 10.2 Å². The Bertz CT molecular complexity index is 828. The van der Waals surface area contributed by atoms with Crippen molar-refractivity contribution in [2.45, 2.75) is 26.2 Å². The summed E-state index contributed by atoms with van der Waals surface area (Å²) in [6.45, 7) is 2.63. The molecule has 0 aliphatic carbocycles. The lowest BCUT2D eigenvalue weighted by Crippen LogP contribution is -2.25. The first kappa shape index (κ1) is 16.9. The molecule has 1 amide bonds. The largest absolute Gasteiger partial charge is 0.421 e. The predicted molar refractivity (Wildman–Crippen MR) is 95.9 cm³/mol. The highest BCUT2D eigenvalue weighted by atomic mass is 16.4. The highest BCUT2D eigenvalue weighted by molar-refractivity contribution is 5.76. The van der Waals surface area contributed by atoms with Crippen molar-refractivity contribution in [2.75, 3.05) is 6.54 Å². The lowest BCUT2D eigenvalue weighted by molar-refractivity contribution is -0.121. The van der Waals surface area contributed by atoms with Crippen molar-refractivity contribution in [3.05, 3.63) is 71.6 Å². The Morgan fingerprint density at radius 3 is 2.56 bits per heavy atom. The minimum atomic E-state index is -0.00780. The van der Waals surface area contributed by atoms with E-state index in [-0.39, 0.29) is 5.91 Å².